The van der Waals surface area contributed by atoms with Crippen molar-refractivity contribution in [3.8, 4) is 22.8 Å². The minimum atomic E-state index is -0.304. The van der Waals surface area contributed by atoms with Crippen LogP contribution in [0.15, 0.2) is 83.4 Å². The molecule has 0 aliphatic rings. The van der Waals surface area contributed by atoms with Crippen LogP contribution in [0.1, 0.15) is 15.9 Å². The van der Waals surface area contributed by atoms with E-state index in [2.05, 4.69) is 15.5 Å². The molecule has 0 radical (unpaired) electrons. The molecule has 0 fully saturated rings. The summed E-state index contributed by atoms with van der Waals surface area (Å²) in [4.78, 5) is 16.7. The predicted octanol–water partition coefficient (Wildman–Crippen LogP) is 4.47. The largest absolute Gasteiger partial charge is 0.348 e. The second-order valence-corrected chi connectivity index (χ2v) is 6.18. The number of carbonyl (C=O) groups is 1. The van der Waals surface area contributed by atoms with E-state index in [0.717, 1.165) is 16.7 Å². The molecule has 0 saturated carbocycles. The van der Waals surface area contributed by atoms with Crippen molar-refractivity contribution in [3.05, 3.63) is 95.8 Å². The van der Waals surface area contributed by atoms with Crippen LogP contribution in [0.3, 0.4) is 0 Å². The molecule has 0 spiro atoms. The molecule has 0 saturated heterocycles. The standard InChI is InChI=1S/C22H16FN3O2/c23-19-12-6-15(7-13-19)14-24-21(27)17-8-10-18(11-9-17)22-25-20(26-28-22)16-4-2-1-3-5-16/h1-13H,14H2,(H,24,27). The fourth-order valence-corrected chi connectivity index (χ4v) is 2.70. The summed E-state index contributed by atoms with van der Waals surface area (Å²) in [5.74, 6) is 0.377. The van der Waals surface area contributed by atoms with E-state index in [9.17, 15) is 9.18 Å². The first kappa shape index (κ1) is 17.6. The van der Waals surface area contributed by atoms with Gasteiger partial charge in [0.05, 0.1) is 0 Å². The van der Waals surface area contributed by atoms with Gasteiger partial charge in [-0.05, 0) is 42.0 Å². The predicted molar refractivity (Wildman–Crippen MR) is 103 cm³/mol. The maximum Gasteiger partial charge on any atom is 0.258 e. The van der Waals surface area contributed by atoms with Crippen molar-refractivity contribution in [1.82, 2.24) is 15.5 Å². The molecule has 4 rings (SSSR count). The summed E-state index contributed by atoms with van der Waals surface area (Å²) in [6.45, 7) is 0.324. The van der Waals surface area contributed by atoms with Crippen molar-refractivity contribution in [3.63, 3.8) is 0 Å². The van der Waals surface area contributed by atoms with E-state index in [0.29, 0.717) is 23.8 Å². The zero-order valence-electron chi connectivity index (χ0n) is 14.8. The van der Waals surface area contributed by atoms with Crippen LogP contribution >= 0.6 is 0 Å². The molecule has 1 aromatic heterocycles. The Labute approximate surface area is 160 Å². The Morgan fingerprint density at radius 3 is 2.32 bits per heavy atom. The number of carbonyl (C=O) groups excluding carboxylic acids is 1. The van der Waals surface area contributed by atoms with Crippen molar-refractivity contribution in [2.45, 2.75) is 6.54 Å². The smallest absolute Gasteiger partial charge is 0.258 e. The number of halogens is 1. The highest BCUT2D eigenvalue weighted by Gasteiger charge is 2.12. The van der Waals surface area contributed by atoms with Gasteiger partial charge < -0.3 is 9.84 Å². The van der Waals surface area contributed by atoms with Gasteiger partial charge in [0.1, 0.15) is 5.82 Å². The topological polar surface area (TPSA) is 68.0 Å². The molecule has 5 nitrogen and oxygen atoms in total. The summed E-state index contributed by atoms with van der Waals surface area (Å²) in [5, 5.41) is 6.80. The molecule has 0 unspecified atom stereocenters. The van der Waals surface area contributed by atoms with Crippen LogP contribution < -0.4 is 5.32 Å². The molecular weight excluding hydrogens is 357 g/mol. The summed E-state index contributed by atoms with van der Waals surface area (Å²) in [5.41, 5.74) is 2.93. The third-order valence-corrected chi connectivity index (χ3v) is 4.22. The molecule has 1 heterocycles. The molecule has 0 aliphatic carbocycles. The first-order chi connectivity index (χ1) is 13.7. The van der Waals surface area contributed by atoms with Gasteiger partial charge in [-0.15, -0.1) is 0 Å². The third kappa shape index (κ3) is 3.96. The number of nitrogens with zero attached hydrogens (tertiary/aromatic N) is 2. The van der Waals surface area contributed by atoms with Crippen molar-refractivity contribution < 1.29 is 13.7 Å². The summed E-state index contributed by atoms with van der Waals surface area (Å²) in [6.07, 6.45) is 0. The Morgan fingerprint density at radius 2 is 1.61 bits per heavy atom. The van der Waals surface area contributed by atoms with Gasteiger partial charge in [-0.2, -0.15) is 4.98 Å². The van der Waals surface area contributed by atoms with Crippen molar-refractivity contribution in [2.75, 3.05) is 0 Å². The molecule has 0 bridgehead atoms. The molecular formula is C22H16FN3O2. The fourth-order valence-electron chi connectivity index (χ4n) is 2.70. The van der Waals surface area contributed by atoms with E-state index < -0.39 is 0 Å². The van der Waals surface area contributed by atoms with Crippen LogP contribution in [0.4, 0.5) is 4.39 Å². The number of hydrogen-bond donors (Lipinski definition) is 1. The SMILES string of the molecule is O=C(NCc1ccc(F)cc1)c1ccc(-c2nc(-c3ccccc3)no2)cc1. The van der Waals surface area contributed by atoms with E-state index in [1.807, 2.05) is 30.3 Å². The Bertz CT molecular complexity index is 1070. The zero-order valence-corrected chi connectivity index (χ0v) is 14.8. The number of rotatable bonds is 5. The van der Waals surface area contributed by atoms with Crippen LogP contribution in [0.25, 0.3) is 22.8 Å². The molecule has 28 heavy (non-hydrogen) atoms. The quantitative estimate of drug-likeness (QED) is 0.560. The Balaban J connectivity index is 1.43. The van der Waals surface area contributed by atoms with E-state index in [1.165, 1.54) is 12.1 Å². The molecule has 0 atom stereocenters. The van der Waals surface area contributed by atoms with Gasteiger partial charge >= 0.3 is 0 Å². The average Bonchev–Trinajstić information content (AvgIpc) is 3.24. The Morgan fingerprint density at radius 1 is 0.893 bits per heavy atom. The van der Waals surface area contributed by atoms with E-state index in [1.54, 1.807) is 36.4 Å². The lowest BCUT2D eigenvalue weighted by Gasteiger charge is -2.06. The minimum absolute atomic E-state index is 0.216. The van der Waals surface area contributed by atoms with Gasteiger partial charge in [0, 0.05) is 23.2 Å². The average molecular weight is 373 g/mol. The molecule has 138 valence electrons. The molecule has 0 aliphatic heterocycles. The zero-order chi connectivity index (χ0) is 19.3. The van der Waals surface area contributed by atoms with Gasteiger partial charge in [-0.3, -0.25) is 4.79 Å². The lowest BCUT2D eigenvalue weighted by molar-refractivity contribution is 0.0951. The summed E-state index contributed by atoms with van der Waals surface area (Å²) in [6, 6.07) is 22.5. The highest BCUT2D eigenvalue weighted by Crippen LogP contribution is 2.22. The van der Waals surface area contributed by atoms with Gasteiger partial charge in [0.15, 0.2) is 0 Å². The van der Waals surface area contributed by atoms with Crippen molar-refractivity contribution in [1.29, 1.82) is 0 Å². The second-order valence-electron chi connectivity index (χ2n) is 6.18. The van der Waals surface area contributed by atoms with E-state index in [4.69, 9.17) is 4.52 Å². The monoisotopic (exact) mass is 373 g/mol. The van der Waals surface area contributed by atoms with Crippen LogP contribution in [-0.2, 0) is 6.54 Å². The van der Waals surface area contributed by atoms with Crippen molar-refractivity contribution in [2.24, 2.45) is 0 Å². The van der Waals surface area contributed by atoms with Crippen LogP contribution in [0.2, 0.25) is 0 Å². The summed E-state index contributed by atoms with van der Waals surface area (Å²) in [7, 11) is 0. The van der Waals surface area contributed by atoms with Crippen LogP contribution in [0, 0.1) is 5.82 Å². The second kappa shape index (κ2) is 7.84. The summed E-state index contributed by atoms with van der Waals surface area (Å²) >= 11 is 0. The lowest BCUT2D eigenvalue weighted by Crippen LogP contribution is -2.22. The van der Waals surface area contributed by atoms with E-state index >= 15 is 0 Å². The number of hydrogen-bond acceptors (Lipinski definition) is 4. The van der Waals surface area contributed by atoms with Crippen LogP contribution in [0.5, 0.6) is 0 Å². The van der Waals surface area contributed by atoms with Gasteiger partial charge in [-0.1, -0.05) is 47.6 Å². The molecule has 4 aromatic rings. The number of nitrogens with one attached hydrogen (secondary N) is 1. The van der Waals surface area contributed by atoms with Crippen molar-refractivity contribution >= 4 is 5.91 Å². The first-order valence-corrected chi connectivity index (χ1v) is 8.71. The number of amides is 1. The highest BCUT2D eigenvalue weighted by molar-refractivity contribution is 5.94. The first-order valence-electron chi connectivity index (χ1n) is 8.71. The summed E-state index contributed by atoms with van der Waals surface area (Å²) < 4.78 is 18.2. The molecule has 3 aromatic carbocycles. The molecule has 1 amide bonds. The van der Waals surface area contributed by atoms with Crippen LogP contribution in [-0.4, -0.2) is 16.0 Å². The highest BCUT2D eigenvalue weighted by atomic mass is 19.1. The third-order valence-electron chi connectivity index (χ3n) is 4.22. The maximum absolute atomic E-state index is 12.9. The van der Waals surface area contributed by atoms with Gasteiger partial charge in [-0.25, -0.2) is 4.39 Å². The Kier molecular flexibility index (Phi) is 4.93. The van der Waals surface area contributed by atoms with Gasteiger partial charge in [0.25, 0.3) is 11.8 Å². The van der Waals surface area contributed by atoms with Gasteiger partial charge in [0.2, 0.25) is 5.82 Å². The normalized spacial score (nSPS) is 10.6. The fraction of sp³-hybridized carbons (Fsp3) is 0.0455. The molecule has 1 N–H and O–H groups in total. The minimum Gasteiger partial charge on any atom is -0.348 e. The number of aromatic nitrogens is 2. The van der Waals surface area contributed by atoms with E-state index in [-0.39, 0.29) is 11.7 Å². The lowest BCUT2D eigenvalue weighted by atomic mass is 10.1. The molecule has 6 heteroatoms. The Hall–Kier alpha value is -3.80. The number of benzene rings is 3. The maximum atomic E-state index is 12.9.